The Hall–Kier alpha value is -9.47. The summed E-state index contributed by atoms with van der Waals surface area (Å²) in [5.74, 6) is -2.29. The van der Waals surface area contributed by atoms with Crippen LogP contribution in [0.15, 0.2) is 79.2 Å². The van der Waals surface area contributed by atoms with Gasteiger partial charge >= 0.3 is 24.1 Å². The third-order valence-corrected chi connectivity index (χ3v) is 20.9. The number of anilines is 1. The van der Waals surface area contributed by atoms with Crippen molar-refractivity contribution < 1.29 is 86.2 Å². The number of hydrogen-bond donors (Lipinski definition) is 8. The van der Waals surface area contributed by atoms with E-state index >= 15 is 0 Å². The molecule has 6 amide bonds. The zero-order chi connectivity index (χ0) is 80.9. The lowest BCUT2D eigenvalue weighted by Gasteiger charge is -2.35. The quantitative estimate of drug-likeness (QED) is 0.00756. The predicted octanol–water partition coefficient (Wildman–Crippen LogP) is 8.68. The number of thiazole rings is 1. The zero-order valence-electron chi connectivity index (χ0n) is 64.3. The molecule has 5 heterocycles. The lowest BCUT2D eigenvalue weighted by atomic mass is 9.85. The number of hydrogen-bond acceptors (Lipinski definition) is 24. The van der Waals surface area contributed by atoms with Gasteiger partial charge in [-0.15, -0.1) is 24.5 Å². The van der Waals surface area contributed by atoms with E-state index in [2.05, 4.69) is 84.0 Å². The lowest BCUT2D eigenvalue weighted by Crippen LogP contribution is -2.59. The Morgan fingerprint density at radius 3 is 1.39 bits per heavy atom. The van der Waals surface area contributed by atoms with Gasteiger partial charge in [0.2, 0.25) is 23.6 Å². The molecule has 110 heavy (non-hydrogen) atoms. The Labute approximate surface area is 657 Å². The first-order valence-corrected chi connectivity index (χ1v) is 38.8. The summed E-state index contributed by atoms with van der Waals surface area (Å²) in [7, 11) is 5.60. The van der Waals surface area contributed by atoms with Crippen molar-refractivity contribution in [3.8, 4) is 34.4 Å². The number of aromatic nitrogens is 3. The Morgan fingerprint density at radius 2 is 1.05 bits per heavy atom. The number of pyridine rings is 2. The van der Waals surface area contributed by atoms with Crippen molar-refractivity contribution in [2.75, 3.05) is 52.6 Å². The molecule has 0 radical (unpaired) electrons. The number of nitrogens with two attached hydrogens (primary N) is 3. The van der Waals surface area contributed by atoms with Crippen LogP contribution >= 0.6 is 39.5 Å². The number of benzene rings is 2. The van der Waals surface area contributed by atoms with Crippen molar-refractivity contribution in [1.29, 1.82) is 0 Å². The number of nitrogen functional groups attached to an aromatic ring is 1. The average molecular weight is 1630 g/mol. The predicted molar refractivity (Wildman–Crippen MR) is 420 cm³/mol. The Morgan fingerprint density at radius 1 is 0.645 bits per heavy atom. The molecule has 5 aromatic rings. The number of alkyl carbamates (subject to hydrolysis) is 2. The number of ether oxygens (including phenoxy) is 8. The van der Waals surface area contributed by atoms with Crippen LogP contribution in [0.3, 0.4) is 0 Å². The van der Waals surface area contributed by atoms with Crippen LogP contribution in [0.2, 0.25) is 0 Å². The highest BCUT2D eigenvalue weighted by Crippen LogP contribution is 2.48. The second-order valence-corrected chi connectivity index (χ2v) is 32.3. The van der Waals surface area contributed by atoms with Gasteiger partial charge in [0.1, 0.15) is 94.0 Å². The van der Waals surface area contributed by atoms with Crippen molar-refractivity contribution in [3.63, 3.8) is 0 Å². The van der Waals surface area contributed by atoms with E-state index in [9.17, 15) is 43.2 Å². The summed E-state index contributed by atoms with van der Waals surface area (Å²) in [6.07, 6.45) is 7.60. The van der Waals surface area contributed by atoms with E-state index in [0.29, 0.717) is 74.2 Å². The number of halogens is 1. The smallest absolute Gasteiger partial charge is 0.408 e. The maximum Gasteiger partial charge on any atom is 0.408 e. The van der Waals surface area contributed by atoms with E-state index in [-0.39, 0.29) is 78.0 Å². The number of likely N-dealkylation sites (tertiary alicyclic amines) is 2. The number of alkyl halides is 1. The highest BCUT2D eigenvalue weighted by molar-refractivity contribution is 9.09. The van der Waals surface area contributed by atoms with Gasteiger partial charge in [-0.05, 0) is 125 Å². The Bertz CT molecular complexity index is 4230. The number of Topliss-reactive ketones (excluding diaryl/α,β-unsaturated/α-hetero) is 1. The second kappa shape index (κ2) is 37.0. The number of fused-ring (bicyclic) bond motifs is 2. The summed E-state index contributed by atoms with van der Waals surface area (Å²) in [6, 6.07) is 9.68. The molecule has 30 nitrogen and oxygen atoms in total. The molecule has 4 aliphatic carbocycles. The molecule has 33 heteroatoms. The van der Waals surface area contributed by atoms with E-state index in [1.165, 1.54) is 42.5 Å². The number of aliphatic hydroxyl groups is 1. The summed E-state index contributed by atoms with van der Waals surface area (Å²) in [5, 5.41) is 22.9. The first kappa shape index (κ1) is 86.1. The summed E-state index contributed by atoms with van der Waals surface area (Å²) in [6.45, 7) is 22.0. The average Bonchev–Trinajstić information content (AvgIpc) is 1.58. The summed E-state index contributed by atoms with van der Waals surface area (Å²) in [5.41, 5.74) is 13.4. The minimum Gasteiger partial charge on any atom is -0.497 e. The molecule has 2 aromatic carbocycles. The topological polar surface area (TPSA) is 419 Å². The summed E-state index contributed by atoms with van der Waals surface area (Å²) >= 11 is 8.58. The molecule has 11 N–H and O–H groups in total. The van der Waals surface area contributed by atoms with Crippen LogP contribution in [0, 0.1) is 22.7 Å². The van der Waals surface area contributed by atoms with Crippen molar-refractivity contribution >= 4 is 125 Å². The van der Waals surface area contributed by atoms with Gasteiger partial charge in [-0.2, -0.15) is 0 Å². The number of thiocarbonyl (C=S) groups is 1. The van der Waals surface area contributed by atoms with E-state index < -0.39 is 106 Å². The van der Waals surface area contributed by atoms with Crippen LogP contribution in [-0.2, 0) is 47.7 Å². The van der Waals surface area contributed by atoms with Crippen molar-refractivity contribution in [3.05, 3.63) is 84.9 Å². The minimum absolute atomic E-state index is 0.000000000000000222. The van der Waals surface area contributed by atoms with Gasteiger partial charge in [0.25, 0.3) is 0 Å². The first-order chi connectivity index (χ1) is 52.0. The fraction of sp³-hybridized carbons (Fsp3) is 0.545. The third kappa shape index (κ3) is 21.3. The van der Waals surface area contributed by atoms with E-state index in [4.69, 9.17) is 53.7 Å². The SMILES string of the molecule is C=C[C@@H]1C[C@]1(NC(=O)[C@@H]1C[C@@H](Oc2cc(-c3csc(N)n3)nc3cc(OC)ccc23)CN1C(=O)[C@@H](NC(=O)OC1CCCC1)C(C)(C)C)C(=O)OC.C=C[C@@H]1C[C@]1(NC(=O)[C@@H]1C[C@@H](Oc2cc(C(=O)CBr)nc3cc(OC)ccc23)CN1C(=O)[C@@H](NC(=O)OC1CCCC1)C(C)(C)C)C(=O)OC.CC(C)O.NC(N)=S. The van der Waals surface area contributed by atoms with Gasteiger partial charge < -0.3 is 91.3 Å². The number of rotatable bonds is 23. The fourth-order valence-corrected chi connectivity index (χ4v) is 14.7. The van der Waals surface area contributed by atoms with Crippen molar-refractivity contribution in [1.82, 2.24) is 46.0 Å². The highest BCUT2D eigenvalue weighted by atomic mass is 79.9. The van der Waals surface area contributed by atoms with Gasteiger partial charge in [-0.25, -0.2) is 34.1 Å². The fourth-order valence-electron chi connectivity index (χ4n) is 13.9. The number of carbonyl (C=O) groups is 9. The number of amides is 6. The molecule has 0 unspecified atom stereocenters. The molecular weight excluding hydrogens is 1520 g/mol. The van der Waals surface area contributed by atoms with E-state index in [1.807, 2.05) is 47.6 Å². The number of carbonyl (C=O) groups excluding carboxylic acids is 9. The number of methoxy groups -OCH3 is 4. The van der Waals surface area contributed by atoms with Gasteiger partial charge in [-0.1, -0.05) is 69.6 Å². The standard InChI is InChI=1S/C37H46N6O8S.C36H45BrN4O9.C3H8O.CH4N2S/c1-7-20-17-37(20,33(46)49-6)42-31(44)28-15-23(18-43(28)32(45)30(36(2,3)4)41-35(47)51-21-10-8-9-11-21)50-29-16-26(27-19-52-34(38)40-27)39-25-14-22(48-5)12-13-24(25)29;1-7-20-17-36(20,33(45)48-6)40-31(43)27-15-23(49-29-16-26(28(42)18-37)38-25-14-22(47-5)12-13-24(25)29)19-41(27)32(44)30(35(2,3)4)39-34(46)50-21-10-8-9-11-21;1-3(2)4;2-1(3)4/h7,12-14,16,19-21,23,28,30H,1,8-11,15,17-18H2,2-6H3,(H2,38,40)(H,41,47)(H,42,44);7,12-14,16,20-21,23,27,30H,1,8-11,15,17-19H2,2-6H3,(H,39,46)(H,40,43);3-4H,1-2H3;(H4,2,3,4)/t20-,23-,28+,30-,37-;20-,23-,27+,30-,36-;;/m11../s1. The van der Waals surface area contributed by atoms with Crippen molar-refractivity contribution in [2.45, 2.75) is 198 Å². The molecule has 0 bridgehead atoms. The van der Waals surface area contributed by atoms with Gasteiger partial charge in [0.05, 0.1) is 63.6 Å². The number of nitrogens with one attached hydrogen (secondary N) is 4. The molecule has 6 fully saturated rings. The van der Waals surface area contributed by atoms with Crippen LogP contribution in [0.1, 0.15) is 143 Å². The van der Waals surface area contributed by atoms with Crippen LogP contribution < -0.4 is 57.4 Å². The third-order valence-electron chi connectivity index (χ3n) is 19.7. The van der Waals surface area contributed by atoms with Crippen molar-refractivity contribution in [2.24, 2.45) is 34.1 Å². The zero-order valence-corrected chi connectivity index (χ0v) is 67.5. The van der Waals surface area contributed by atoms with E-state index in [0.717, 1.165) is 51.4 Å². The molecule has 6 aliphatic rings. The van der Waals surface area contributed by atoms with Crippen LogP contribution in [0.25, 0.3) is 33.2 Å². The maximum absolute atomic E-state index is 14.6. The molecule has 2 saturated heterocycles. The second-order valence-electron chi connectivity index (χ2n) is 30.4. The number of ketones is 1. The molecule has 10 atom stereocenters. The van der Waals surface area contributed by atoms with Crippen LogP contribution in [-0.4, -0.2) is 201 Å². The summed E-state index contributed by atoms with van der Waals surface area (Å²) in [4.78, 5) is 138. The Kier molecular flexibility index (Phi) is 29.0. The Balaban J connectivity index is 0.000000252. The molecule has 2 aliphatic heterocycles. The van der Waals surface area contributed by atoms with Gasteiger partial charge in [0.15, 0.2) is 16.0 Å². The van der Waals surface area contributed by atoms with E-state index in [1.54, 1.807) is 81.0 Å². The largest absolute Gasteiger partial charge is 0.497 e. The van der Waals surface area contributed by atoms with Crippen LogP contribution in [0.5, 0.6) is 23.0 Å². The first-order valence-electron chi connectivity index (χ1n) is 36.4. The monoisotopic (exact) mass is 1630 g/mol. The number of aliphatic hydroxyl groups excluding tert-OH is 1. The highest BCUT2D eigenvalue weighted by Gasteiger charge is 2.63. The molecule has 11 rings (SSSR count). The van der Waals surface area contributed by atoms with Gasteiger partial charge in [-0.3, -0.25) is 24.0 Å². The molecule has 4 saturated carbocycles. The molecule has 598 valence electrons. The normalized spacial score (nSPS) is 22.5. The molecule has 3 aromatic heterocycles. The number of nitrogens with zero attached hydrogens (tertiary/aromatic N) is 5. The van der Waals surface area contributed by atoms with Crippen LogP contribution in [0.4, 0.5) is 14.7 Å². The minimum atomic E-state index is -1.29. The molecule has 0 spiro atoms. The molecular formula is C77H103BrN12O18S2. The van der Waals surface area contributed by atoms with Gasteiger partial charge in [0, 0.05) is 71.2 Å². The summed E-state index contributed by atoms with van der Waals surface area (Å²) < 4.78 is 45.3. The lowest BCUT2D eigenvalue weighted by molar-refractivity contribution is -0.149. The maximum atomic E-state index is 14.6. The number of esters is 2.